The van der Waals surface area contributed by atoms with Crippen molar-refractivity contribution in [2.24, 2.45) is 5.92 Å². The Kier molecular flexibility index (Phi) is 6.00. The molecule has 1 aromatic carbocycles. The second-order valence-electron chi connectivity index (χ2n) is 6.08. The summed E-state index contributed by atoms with van der Waals surface area (Å²) < 4.78 is 7.62. The number of nitrogens with zero attached hydrogens (tertiary/aromatic N) is 5. The van der Waals surface area contributed by atoms with Crippen molar-refractivity contribution in [1.29, 1.82) is 0 Å². The predicted molar refractivity (Wildman–Crippen MR) is 97.2 cm³/mol. The highest BCUT2D eigenvalue weighted by Crippen LogP contribution is 2.22. The molecule has 2 aromatic heterocycles. The molecule has 6 nitrogen and oxygen atoms in total. The van der Waals surface area contributed by atoms with Crippen LogP contribution in [0.4, 0.5) is 0 Å². The maximum absolute atomic E-state index is 5.75. The normalized spacial score (nSPS) is 11.0. The molecule has 0 aliphatic carbocycles. The molecule has 0 aliphatic heterocycles. The fraction of sp³-hybridized carbons (Fsp3) is 0.333. The van der Waals surface area contributed by atoms with E-state index in [-0.39, 0.29) is 0 Å². The molecular weight excluding hydrogens is 334 g/mol. The molecule has 130 valence electrons. The first-order valence-electron chi connectivity index (χ1n) is 8.21. The van der Waals surface area contributed by atoms with E-state index in [1.807, 2.05) is 35.0 Å². The van der Waals surface area contributed by atoms with E-state index < -0.39 is 0 Å². The predicted octanol–water partition coefficient (Wildman–Crippen LogP) is 3.60. The molecule has 0 unspecified atom stereocenters. The number of thioether (sulfide) groups is 1. The summed E-state index contributed by atoms with van der Waals surface area (Å²) in [5, 5.41) is 12.8. The molecule has 7 heteroatoms. The van der Waals surface area contributed by atoms with Crippen molar-refractivity contribution in [3.63, 3.8) is 0 Å². The van der Waals surface area contributed by atoms with Crippen LogP contribution in [0.1, 0.15) is 25.1 Å². The standard InChI is InChI=1S/C18H21N5OS/c1-14(2)11-23-18(20-21-22-23)25-13-15-6-8-17(9-7-15)24-12-16-5-3-4-10-19-16/h3-10,14H,11-13H2,1-2H3. The van der Waals surface area contributed by atoms with Crippen LogP contribution in [0.2, 0.25) is 0 Å². The zero-order valence-corrected chi connectivity index (χ0v) is 15.2. The third-order valence-electron chi connectivity index (χ3n) is 3.44. The zero-order chi connectivity index (χ0) is 17.5. The molecule has 0 aliphatic rings. The number of tetrazole rings is 1. The Labute approximate surface area is 151 Å². The third-order valence-corrected chi connectivity index (χ3v) is 4.47. The largest absolute Gasteiger partial charge is 0.487 e. The van der Waals surface area contributed by atoms with Crippen molar-refractivity contribution in [1.82, 2.24) is 25.2 Å². The molecule has 2 heterocycles. The van der Waals surface area contributed by atoms with Gasteiger partial charge in [-0.05, 0) is 46.2 Å². The molecule has 3 rings (SSSR count). The first kappa shape index (κ1) is 17.4. The van der Waals surface area contributed by atoms with Crippen LogP contribution in [0, 0.1) is 5.92 Å². The van der Waals surface area contributed by atoms with Crippen molar-refractivity contribution < 1.29 is 4.74 Å². The van der Waals surface area contributed by atoms with Crippen molar-refractivity contribution >= 4 is 11.8 Å². The van der Waals surface area contributed by atoms with Crippen molar-refractivity contribution in [3.8, 4) is 5.75 Å². The van der Waals surface area contributed by atoms with Crippen LogP contribution in [-0.2, 0) is 18.9 Å². The minimum absolute atomic E-state index is 0.471. The summed E-state index contributed by atoms with van der Waals surface area (Å²) in [6.45, 7) is 5.61. The number of aromatic nitrogens is 5. The number of pyridine rings is 1. The molecule has 0 spiro atoms. The summed E-state index contributed by atoms with van der Waals surface area (Å²) in [5.74, 6) is 2.17. The first-order chi connectivity index (χ1) is 12.2. The van der Waals surface area contributed by atoms with E-state index in [0.717, 1.165) is 28.9 Å². The minimum atomic E-state index is 0.471. The van der Waals surface area contributed by atoms with Gasteiger partial charge in [0.2, 0.25) is 5.16 Å². The monoisotopic (exact) mass is 355 g/mol. The Balaban J connectivity index is 1.52. The molecule has 0 amide bonds. The van der Waals surface area contributed by atoms with Gasteiger partial charge in [0.05, 0.1) is 5.69 Å². The lowest BCUT2D eigenvalue weighted by Gasteiger charge is -2.08. The van der Waals surface area contributed by atoms with Gasteiger partial charge in [-0.1, -0.05) is 43.8 Å². The highest BCUT2D eigenvalue weighted by molar-refractivity contribution is 7.98. The summed E-state index contributed by atoms with van der Waals surface area (Å²) in [7, 11) is 0. The minimum Gasteiger partial charge on any atom is -0.487 e. The number of ether oxygens (including phenoxy) is 1. The topological polar surface area (TPSA) is 65.7 Å². The van der Waals surface area contributed by atoms with Crippen molar-refractivity contribution in [3.05, 3.63) is 59.9 Å². The van der Waals surface area contributed by atoms with Crippen LogP contribution in [0.5, 0.6) is 5.75 Å². The first-order valence-corrected chi connectivity index (χ1v) is 9.20. The van der Waals surface area contributed by atoms with E-state index in [0.29, 0.717) is 12.5 Å². The Morgan fingerprint density at radius 2 is 1.96 bits per heavy atom. The zero-order valence-electron chi connectivity index (χ0n) is 14.4. The molecule has 0 atom stereocenters. The number of rotatable bonds is 8. The summed E-state index contributed by atoms with van der Waals surface area (Å²) in [6, 6.07) is 13.9. The van der Waals surface area contributed by atoms with Gasteiger partial charge in [-0.15, -0.1) is 5.10 Å². The van der Waals surface area contributed by atoms with Crippen LogP contribution in [0.3, 0.4) is 0 Å². The van der Waals surface area contributed by atoms with E-state index >= 15 is 0 Å². The fourth-order valence-electron chi connectivity index (χ4n) is 2.23. The number of hydrogen-bond donors (Lipinski definition) is 0. The number of hydrogen-bond acceptors (Lipinski definition) is 6. The summed E-state index contributed by atoms with van der Waals surface area (Å²) in [4.78, 5) is 4.25. The summed E-state index contributed by atoms with van der Waals surface area (Å²) in [6.07, 6.45) is 1.77. The summed E-state index contributed by atoms with van der Waals surface area (Å²) in [5.41, 5.74) is 2.12. The highest BCUT2D eigenvalue weighted by atomic mass is 32.2. The average Bonchev–Trinajstić information content (AvgIpc) is 3.06. The van der Waals surface area contributed by atoms with Crippen LogP contribution in [0.15, 0.2) is 53.8 Å². The molecular formula is C18H21N5OS. The lowest BCUT2D eigenvalue weighted by atomic mass is 10.2. The van der Waals surface area contributed by atoms with E-state index in [9.17, 15) is 0 Å². The quantitative estimate of drug-likeness (QED) is 0.575. The second-order valence-corrected chi connectivity index (χ2v) is 7.02. The second kappa shape index (κ2) is 8.62. The smallest absolute Gasteiger partial charge is 0.209 e. The Morgan fingerprint density at radius 1 is 1.12 bits per heavy atom. The van der Waals surface area contributed by atoms with Gasteiger partial charge < -0.3 is 4.74 Å². The van der Waals surface area contributed by atoms with Gasteiger partial charge in [0.1, 0.15) is 12.4 Å². The van der Waals surface area contributed by atoms with Crippen LogP contribution < -0.4 is 4.74 Å². The van der Waals surface area contributed by atoms with Crippen molar-refractivity contribution in [2.45, 2.75) is 37.9 Å². The van der Waals surface area contributed by atoms with Crippen LogP contribution in [0.25, 0.3) is 0 Å². The number of benzene rings is 1. The Bertz CT molecular complexity index is 774. The van der Waals surface area contributed by atoms with Crippen LogP contribution >= 0.6 is 11.8 Å². The molecule has 0 saturated carbocycles. The van der Waals surface area contributed by atoms with Gasteiger partial charge in [-0.3, -0.25) is 4.98 Å². The van der Waals surface area contributed by atoms with E-state index in [1.165, 1.54) is 5.56 Å². The lowest BCUT2D eigenvalue weighted by Crippen LogP contribution is -2.07. The fourth-order valence-corrected chi connectivity index (χ4v) is 3.07. The maximum atomic E-state index is 5.75. The molecule has 0 N–H and O–H groups in total. The van der Waals surface area contributed by atoms with E-state index in [2.05, 4.69) is 46.5 Å². The van der Waals surface area contributed by atoms with E-state index in [4.69, 9.17) is 4.74 Å². The molecule has 0 saturated heterocycles. The van der Waals surface area contributed by atoms with Gasteiger partial charge >= 0.3 is 0 Å². The van der Waals surface area contributed by atoms with Crippen LogP contribution in [-0.4, -0.2) is 25.2 Å². The Morgan fingerprint density at radius 3 is 2.68 bits per heavy atom. The summed E-state index contributed by atoms with van der Waals surface area (Å²) >= 11 is 1.64. The van der Waals surface area contributed by atoms with Gasteiger partial charge in [0.15, 0.2) is 0 Å². The van der Waals surface area contributed by atoms with Crippen molar-refractivity contribution in [2.75, 3.05) is 0 Å². The van der Waals surface area contributed by atoms with E-state index in [1.54, 1.807) is 18.0 Å². The average molecular weight is 355 g/mol. The molecule has 0 radical (unpaired) electrons. The molecule has 3 aromatic rings. The van der Waals surface area contributed by atoms with Gasteiger partial charge in [0.25, 0.3) is 0 Å². The third kappa shape index (κ3) is 5.29. The Hall–Kier alpha value is -2.41. The molecule has 0 fully saturated rings. The van der Waals surface area contributed by atoms with Gasteiger partial charge in [-0.25, -0.2) is 4.68 Å². The maximum Gasteiger partial charge on any atom is 0.209 e. The SMILES string of the molecule is CC(C)Cn1nnnc1SCc1ccc(OCc2ccccn2)cc1. The highest BCUT2D eigenvalue weighted by Gasteiger charge is 2.08. The van der Waals surface area contributed by atoms with Gasteiger partial charge in [-0.2, -0.15) is 0 Å². The molecule has 25 heavy (non-hydrogen) atoms. The molecule has 0 bridgehead atoms. The lowest BCUT2D eigenvalue weighted by molar-refractivity contribution is 0.301. The van der Waals surface area contributed by atoms with Gasteiger partial charge in [0, 0.05) is 18.5 Å².